The SMILES string of the molecule is COC(=O)C(O)c1c(-c2ccc3c(c2)CCCO3)c(-c2cccs2)nn1C.COC(=O)C(OC(C)(C)C)c1c(-c2ccc3c(c2)CCCO3)c(-c2cccs2)nn1C.Cn1nc(-c2cccs2)c(-c2ccc3c(c2)CCCO3)c1C(OC(C)(C)C)C(=O)O. The van der Waals surface area contributed by atoms with Crippen LogP contribution in [0.2, 0.25) is 0 Å². The highest BCUT2D eigenvalue weighted by atomic mass is 32.1. The largest absolute Gasteiger partial charge is 0.493 e. The second-order valence-corrected chi connectivity index (χ2v) is 26.3. The average molecular weight is 1250 g/mol. The summed E-state index contributed by atoms with van der Waals surface area (Å²) < 4.78 is 44.3. The summed E-state index contributed by atoms with van der Waals surface area (Å²) in [5.41, 5.74) is 11.5. The van der Waals surface area contributed by atoms with E-state index in [0.29, 0.717) is 17.1 Å². The Bertz CT molecular complexity index is 3920. The minimum Gasteiger partial charge on any atom is -0.493 e. The first kappa shape index (κ1) is 63.1. The van der Waals surface area contributed by atoms with Crippen LogP contribution in [0.3, 0.4) is 0 Å². The number of hydrogen-bond acceptors (Lipinski definition) is 17. The third-order valence-corrected chi connectivity index (χ3v) is 17.5. The number of aliphatic hydroxyl groups is 1. The number of benzene rings is 3. The molecule has 0 amide bonds. The number of fused-ring (bicyclic) bond motifs is 3. The third-order valence-electron chi connectivity index (χ3n) is 14.9. The number of aliphatic hydroxyl groups excluding tert-OH is 1. The van der Waals surface area contributed by atoms with Gasteiger partial charge in [-0.3, -0.25) is 14.0 Å². The fourth-order valence-electron chi connectivity index (χ4n) is 11.2. The topological polar surface area (TPSA) is 210 Å². The number of carbonyl (C=O) groups is 3. The van der Waals surface area contributed by atoms with Crippen LogP contribution in [-0.2, 0) is 73.7 Å². The fraction of sp³-hybridized carbons (Fsp3) is 0.373. The van der Waals surface area contributed by atoms with Gasteiger partial charge in [-0.25, -0.2) is 14.4 Å². The second kappa shape index (κ2) is 26.8. The number of ether oxygens (including phenoxy) is 7. The molecule has 0 fully saturated rings. The molecule has 21 heteroatoms. The van der Waals surface area contributed by atoms with Crippen LogP contribution >= 0.6 is 34.0 Å². The van der Waals surface area contributed by atoms with Crippen molar-refractivity contribution in [3.63, 3.8) is 0 Å². The molecule has 12 rings (SSSR count). The summed E-state index contributed by atoms with van der Waals surface area (Å²) in [7, 11) is 7.99. The molecule has 0 radical (unpaired) electrons. The van der Waals surface area contributed by atoms with E-state index in [9.17, 15) is 24.6 Å². The maximum atomic E-state index is 12.8. The van der Waals surface area contributed by atoms with Crippen LogP contribution in [0.1, 0.15) is 113 Å². The lowest BCUT2D eigenvalue weighted by Gasteiger charge is -2.27. The van der Waals surface area contributed by atoms with Gasteiger partial charge in [0.1, 0.15) is 34.3 Å². The smallest absolute Gasteiger partial charge is 0.341 e. The molecule has 9 aromatic rings. The van der Waals surface area contributed by atoms with Gasteiger partial charge in [-0.05, 0) is 184 Å². The molecule has 3 aromatic carbocycles. The zero-order chi connectivity index (χ0) is 62.6. The van der Waals surface area contributed by atoms with Crippen LogP contribution in [0.25, 0.3) is 65.1 Å². The molecule has 18 nitrogen and oxygen atoms in total. The number of rotatable bonds is 14. The minimum atomic E-state index is -1.41. The van der Waals surface area contributed by atoms with Crippen molar-refractivity contribution < 1.29 is 57.8 Å². The quantitative estimate of drug-likeness (QED) is 0.0970. The van der Waals surface area contributed by atoms with Gasteiger partial charge in [0.15, 0.2) is 18.3 Å². The number of methoxy groups -OCH3 is 2. The predicted molar refractivity (Wildman–Crippen MR) is 341 cm³/mol. The first-order valence-electron chi connectivity index (χ1n) is 29.2. The molecule has 462 valence electrons. The molecule has 0 spiro atoms. The van der Waals surface area contributed by atoms with Crippen LogP contribution in [0, 0.1) is 0 Å². The molecule has 0 saturated carbocycles. The van der Waals surface area contributed by atoms with Gasteiger partial charge in [-0.2, -0.15) is 15.3 Å². The van der Waals surface area contributed by atoms with Crippen molar-refractivity contribution in [3.05, 3.63) is 141 Å². The Labute approximate surface area is 524 Å². The van der Waals surface area contributed by atoms with Crippen molar-refractivity contribution in [2.75, 3.05) is 34.0 Å². The molecule has 3 aliphatic heterocycles. The Morgan fingerprint density at radius 2 is 0.852 bits per heavy atom. The van der Waals surface area contributed by atoms with Crippen molar-refractivity contribution in [2.45, 2.75) is 110 Å². The third kappa shape index (κ3) is 13.8. The first-order chi connectivity index (χ1) is 42.1. The lowest BCUT2D eigenvalue weighted by atomic mass is 9.95. The molecule has 6 aromatic heterocycles. The Hall–Kier alpha value is -7.92. The number of carbonyl (C=O) groups excluding carboxylic acids is 2. The fourth-order valence-corrected chi connectivity index (χ4v) is 13.3. The number of thiophene rings is 3. The number of esters is 2. The maximum Gasteiger partial charge on any atom is 0.341 e. The summed E-state index contributed by atoms with van der Waals surface area (Å²) in [5.74, 6) is 0.522. The number of hydrogen-bond donors (Lipinski definition) is 2. The summed E-state index contributed by atoms with van der Waals surface area (Å²) in [5, 5.41) is 40.8. The van der Waals surface area contributed by atoms with E-state index in [1.165, 1.54) is 19.8 Å². The van der Waals surface area contributed by atoms with Gasteiger partial charge in [-0.15, -0.1) is 34.0 Å². The van der Waals surface area contributed by atoms with Crippen LogP contribution in [0.15, 0.2) is 107 Å². The molecule has 2 N–H and O–H groups in total. The van der Waals surface area contributed by atoms with Crippen molar-refractivity contribution in [1.29, 1.82) is 0 Å². The van der Waals surface area contributed by atoms with E-state index >= 15 is 0 Å². The molecule has 3 aliphatic rings. The van der Waals surface area contributed by atoms with E-state index in [1.54, 1.807) is 62.2 Å². The van der Waals surface area contributed by atoms with Gasteiger partial charge in [0.25, 0.3) is 0 Å². The van der Waals surface area contributed by atoms with Crippen LogP contribution in [0.4, 0.5) is 0 Å². The van der Waals surface area contributed by atoms with E-state index < -0.39 is 47.4 Å². The van der Waals surface area contributed by atoms with E-state index in [4.69, 9.17) is 43.4 Å². The van der Waals surface area contributed by atoms with Crippen LogP contribution < -0.4 is 14.2 Å². The Morgan fingerprint density at radius 1 is 0.511 bits per heavy atom. The van der Waals surface area contributed by atoms with Crippen LogP contribution in [-0.4, -0.2) is 103 Å². The van der Waals surface area contributed by atoms with Crippen molar-refractivity contribution >= 4 is 51.9 Å². The van der Waals surface area contributed by atoms with Gasteiger partial charge in [-0.1, -0.05) is 36.4 Å². The number of aryl methyl sites for hydroxylation is 6. The Balaban J connectivity index is 0.000000146. The predicted octanol–water partition coefficient (Wildman–Crippen LogP) is 13.6. The van der Waals surface area contributed by atoms with Crippen molar-refractivity contribution in [1.82, 2.24) is 29.3 Å². The number of nitrogens with zero attached hydrogens (tertiary/aromatic N) is 6. The monoisotopic (exact) mass is 1250 g/mol. The van der Waals surface area contributed by atoms with E-state index in [0.717, 1.165) is 152 Å². The number of carboxylic acid groups (broad SMARTS) is 1. The van der Waals surface area contributed by atoms with Gasteiger partial charge in [0.2, 0.25) is 0 Å². The molecular weight excluding hydrogens is 1180 g/mol. The van der Waals surface area contributed by atoms with Crippen molar-refractivity contribution in [2.24, 2.45) is 21.1 Å². The maximum absolute atomic E-state index is 12.8. The first-order valence-corrected chi connectivity index (χ1v) is 31.8. The van der Waals surface area contributed by atoms with Gasteiger partial charge in [0, 0.05) is 37.8 Å². The summed E-state index contributed by atoms with van der Waals surface area (Å²) in [6, 6.07) is 30.2. The molecule has 9 heterocycles. The molecule has 0 aliphatic carbocycles. The van der Waals surface area contributed by atoms with Crippen LogP contribution in [0.5, 0.6) is 17.2 Å². The average Bonchev–Trinajstić information content (AvgIpc) is 4.31. The number of aromatic nitrogens is 6. The van der Waals surface area contributed by atoms with E-state index in [2.05, 4.69) is 23.3 Å². The summed E-state index contributed by atoms with van der Waals surface area (Å²) in [6.07, 6.45) is 2.32. The van der Waals surface area contributed by atoms with Gasteiger partial charge in [0.05, 0.1) is 77.0 Å². The molecule has 3 unspecified atom stereocenters. The number of carboxylic acids is 1. The summed E-state index contributed by atoms with van der Waals surface area (Å²) >= 11 is 4.76. The summed E-state index contributed by atoms with van der Waals surface area (Å²) in [4.78, 5) is 40.1. The minimum absolute atomic E-state index is 0.418. The zero-order valence-corrected chi connectivity index (χ0v) is 53.8. The van der Waals surface area contributed by atoms with Crippen molar-refractivity contribution in [3.8, 4) is 82.3 Å². The van der Waals surface area contributed by atoms with E-state index in [1.807, 2.05) is 138 Å². The standard InChI is InChI=1S/C24H28N2O4S.C23H26N2O4S.C20H20N2O4S/c1-24(2,3)30-22(23(27)28-5)21-19(20(25-26(21)4)18-9-7-13-31-18)16-10-11-17-15(14-16)8-6-12-29-17;1-23(2,3)29-21(22(26)27)20-18(19(24-25(20)4)17-8-6-12-30-17)15-9-10-16-14(13-15)7-5-11-28-16;1-22-18(19(23)20(24)25-2)16(17(21-22)15-6-4-10-27-15)13-7-8-14-12(11-13)5-3-9-26-14/h7,9-11,13-14,22H,6,8,12H2,1-5H3;6,8-10,12-13,21H,5,7,11H2,1-4H3,(H,26,27);4,6-8,10-11,19,23H,3,5,9H2,1-2H3. The van der Waals surface area contributed by atoms with E-state index in [-0.39, 0.29) is 0 Å². The Kier molecular flexibility index (Phi) is 19.2. The highest BCUT2D eigenvalue weighted by Gasteiger charge is 2.38. The molecule has 3 atom stereocenters. The lowest BCUT2D eigenvalue weighted by Crippen LogP contribution is -2.29. The molecule has 0 saturated heterocycles. The Morgan fingerprint density at radius 3 is 1.18 bits per heavy atom. The molecule has 88 heavy (non-hydrogen) atoms. The second-order valence-electron chi connectivity index (χ2n) is 23.5. The lowest BCUT2D eigenvalue weighted by molar-refractivity contribution is -0.165. The highest BCUT2D eigenvalue weighted by molar-refractivity contribution is 7.14. The van der Waals surface area contributed by atoms with Gasteiger partial charge >= 0.3 is 17.9 Å². The molecular formula is C67H74N6O12S3. The van der Waals surface area contributed by atoms with Gasteiger partial charge < -0.3 is 43.4 Å². The normalized spacial score (nSPS) is 14.6. The number of aliphatic carboxylic acids is 1. The zero-order valence-electron chi connectivity index (χ0n) is 51.4. The summed E-state index contributed by atoms with van der Waals surface area (Å²) in [6.45, 7) is 13.5. The molecule has 0 bridgehead atoms. The highest BCUT2D eigenvalue weighted by Crippen LogP contribution is 2.46.